The van der Waals surface area contributed by atoms with Gasteiger partial charge in [0.15, 0.2) is 0 Å². The lowest BCUT2D eigenvalue weighted by Crippen LogP contribution is -2.28. The summed E-state index contributed by atoms with van der Waals surface area (Å²) in [5, 5.41) is 0. The predicted molar refractivity (Wildman–Crippen MR) is 81.6 cm³/mol. The molecule has 0 radical (unpaired) electrons. The molecule has 0 saturated carbocycles. The van der Waals surface area contributed by atoms with E-state index in [0.29, 0.717) is 6.42 Å². The van der Waals surface area contributed by atoms with Crippen LogP contribution in [-0.4, -0.2) is 5.91 Å². The lowest BCUT2D eigenvalue weighted by molar-refractivity contribution is -0.137. The van der Waals surface area contributed by atoms with Crippen LogP contribution in [0, 0.1) is 5.92 Å². The molecule has 2 aromatic rings. The van der Waals surface area contributed by atoms with Gasteiger partial charge in [-0.1, -0.05) is 30.3 Å². The summed E-state index contributed by atoms with van der Waals surface area (Å²) >= 11 is 0. The van der Waals surface area contributed by atoms with E-state index in [9.17, 15) is 18.0 Å². The number of carbonyl (C=O) groups excluding carboxylic acids is 1. The summed E-state index contributed by atoms with van der Waals surface area (Å²) in [7, 11) is 0. The average Bonchev–Trinajstić information content (AvgIpc) is 2.53. The number of rotatable bonds is 2. The number of benzene rings is 2. The molecule has 0 aromatic heterocycles. The molecule has 23 heavy (non-hydrogen) atoms. The van der Waals surface area contributed by atoms with Gasteiger partial charge in [0.1, 0.15) is 0 Å². The van der Waals surface area contributed by atoms with Gasteiger partial charge >= 0.3 is 6.18 Å². The van der Waals surface area contributed by atoms with Crippen molar-refractivity contribution in [3.63, 3.8) is 0 Å². The largest absolute Gasteiger partial charge is 0.416 e. The number of amides is 1. The van der Waals surface area contributed by atoms with Crippen LogP contribution in [-0.2, 0) is 23.8 Å². The molecule has 1 unspecified atom stereocenters. The molecule has 1 atom stereocenters. The normalized spacial score (nSPS) is 17.6. The Morgan fingerprint density at radius 3 is 2.26 bits per heavy atom. The van der Waals surface area contributed by atoms with Crippen molar-refractivity contribution >= 4 is 5.91 Å². The van der Waals surface area contributed by atoms with Crippen molar-refractivity contribution in [3.8, 4) is 11.1 Å². The van der Waals surface area contributed by atoms with Crippen LogP contribution >= 0.6 is 0 Å². The molecule has 2 nitrogen and oxygen atoms in total. The predicted octanol–water partition coefficient (Wildman–Crippen LogP) is 3.96. The second-order valence-electron chi connectivity index (χ2n) is 5.90. The van der Waals surface area contributed by atoms with Crippen molar-refractivity contribution in [1.29, 1.82) is 0 Å². The first-order valence-electron chi connectivity index (χ1n) is 7.43. The van der Waals surface area contributed by atoms with Gasteiger partial charge in [0.2, 0.25) is 5.91 Å². The maximum atomic E-state index is 12.6. The Morgan fingerprint density at radius 2 is 1.65 bits per heavy atom. The van der Waals surface area contributed by atoms with Gasteiger partial charge < -0.3 is 5.73 Å². The third-order valence-corrected chi connectivity index (χ3v) is 4.38. The summed E-state index contributed by atoms with van der Waals surface area (Å²) in [4.78, 5) is 11.4. The first-order valence-corrected chi connectivity index (χ1v) is 7.43. The highest BCUT2D eigenvalue weighted by Crippen LogP contribution is 2.33. The molecule has 2 aromatic carbocycles. The number of hydrogen-bond donors (Lipinski definition) is 1. The van der Waals surface area contributed by atoms with Gasteiger partial charge in [-0.25, -0.2) is 0 Å². The van der Waals surface area contributed by atoms with Crippen molar-refractivity contribution in [1.82, 2.24) is 0 Å². The molecule has 5 heteroatoms. The molecule has 3 rings (SSSR count). The fourth-order valence-electron chi connectivity index (χ4n) is 3.03. The van der Waals surface area contributed by atoms with Crippen molar-refractivity contribution in [2.24, 2.45) is 11.7 Å². The van der Waals surface area contributed by atoms with Gasteiger partial charge in [-0.2, -0.15) is 13.2 Å². The first-order chi connectivity index (χ1) is 10.8. The van der Waals surface area contributed by atoms with E-state index in [1.54, 1.807) is 0 Å². The van der Waals surface area contributed by atoms with Gasteiger partial charge in [0, 0.05) is 5.92 Å². The Bertz CT molecular complexity index is 735. The van der Waals surface area contributed by atoms with Crippen molar-refractivity contribution in [2.75, 3.05) is 0 Å². The van der Waals surface area contributed by atoms with Crippen LogP contribution in [0.4, 0.5) is 13.2 Å². The Balaban J connectivity index is 1.90. The molecular formula is C18H16F3NO. The number of alkyl halides is 3. The SMILES string of the molecule is NC(=O)C1CCc2ccc(-c3ccc(C(F)(F)F)cc3)cc2C1. The Labute approximate surface area is 132 Å². The second-order valence-corrected chi connectivity index (χ2v) is 5.90. The number of primary amides is 1. The maximum absolute atomic E-state index is 12.6. The summed E-state index contributed by atoms with van der Waals surface area (Å²) in [6, 6.07) is 11.0. The van der Waals surface area contributed by atoms with Crippen molar-refractivity contribution < 1.29 is 18.0 Å². The zero-order valence-corrected chi connectivity index (χ0v) is 12.4. The lowest BCUT2D eigenvalue weighted by Gasteiger charge is -2.23. The Morgan fingerprint density at radius 1 is 1.00 bits per heavy atom. The summed E-state index contributed by atoms with van der Waals surface area (Å²) in [6.45, 7) is 0. The molecule has 2 N–H and O–H groups in total. The highest BCUT2D eigenvalue weighted by Gasteiger charge is 2.30. The standard InChI is InChI=1S/C18H16F3NO/c19-18(20,21)16-7-5-11(6-8-16)13-3-1-12-2-4-14(17(22)23)10-15(12)9-13/h1,3,5-9,14H,2,4,10H2,(H2,22,23). The zero-order chi connectivity index (χ0) is 16.6. The van der Waals surface area contributed by atoms with Crippen LogP contribution in [0.1, 0.15) is 23.1 Å². The van der Waals surface area contributed by atoms with Crippen LogP contribution in [0.5, 0.6) is 0 Å². The minimum Gasteiger partial charge on any atom is -0.369 e. The van der Waals surface area contributed by atoms with Crippen LogP contribution in [0.2, 0.25) is 0 Å². The second kappa shape index (κ2) is 5.72. The van der Waals surface area contributed by atoms with E-state index >= 15 is 0 Å². The monoisotopic (exact) mass is 319 g/mol. The number of aryl methyl sites for hydroxylation is 1. The fraction of sp³-hybridized carbons (Fsp3) is 0.278. The minimum atomic E-state index is -4.33. The van der Waals surface area contributed by atoms with E-state index in [-0.39, 0.29) is 11.8 Å². The number of nitrogens with two attached hydrogens (primary N) is 1. The molecule has 1 amide bonds. The minimum absolute atomic E-state index is 0.162. The van der Waals surface area contributed by atoms with Crippen molar-refractivity contribution in [3.05, 3.63) is 59.2 Å². The topological polar surface area (TPSA) is 43.1 Å². The molecule has 1 aliphatic rings. The van der Waals surface area contributed by atoms with E-state index in [0.717, 1.165) is 41.7 Å². The van der Waals surface area contributed by atoms with E-state index < -0.39 is 11.7 Å². The molecule has 120 valence electrons. The Hall–Kier alpha value is -2.30. The molecule has 0 aliphatic heterocycles. The summed E-state index contributed by atoms with van der Waals surface area (Å²) in [6.07, 6.45) is -2.18. The van der Waals surface area contributed by atoms with E-state index in [1.807, 2.05) is 18.2 Å². The quantitative estimate of drug-likeness (QED) is 0.894. The smallest absolute Gasteiger partial charge is 0.369 e. The van der Waals surface area contributed by atoms with Gasteiger partial charge in [-0.3, -0.25) is 4.79 Å². The van der Waals surface area contributed by atoms with E-state index in [1.165, 1.54) is 17.7 Å². The Kier molecular flexibility index (Phi) is 3.88. The van der Waals surface area contributed by atoms with Crippen LogP contribution < -0.4 is 5.73 Å². The fourth-order valence-corrected chi connectivity index (χ4v) is 3.03. The van der Waals surface area contributed by atoms with E-state index in [2.05, 4.69) is 0 Å². The van der Waals surface area contributed by atoms with E-state index in [4.69, 9.17) is 5.73 Å². The number of hydrogen-bond acceptors (Lipinski definition) is 1. The van der Waals surface area contributed by atoms with Gasteiger partial charge in [-0.15, -0.1) is 0 Å². The highest BCUT2D eigenvalue weighted by atomic mass is 19.4. The number of halogens is 3. The maximum Gasteiger partial charge on any atom is 0.416 e. The molecular weight excluding hydrogens is 303 g/mol. The molecule has 0 heterocycles. The third kappa shape index (κ3) is 3.23. The molecule has 0 fully saturated rings. The molecule has 0 bridgehead atoms. The average molecular weight is 319 g/mol. The first kappa shape index (κ1) is 15.6. The van der Waals surface area contributed by atoms with Crippen LogP contribution in [0.3, 0.4) is 0 Å². The van der Waals surface area contributed by atoms with Crippen LogP contribution in [0.25, 0.3) is 11.1 Å². The van der Waals surface area contributed by atoms with Gasteiger partial charge in [0.25, 0.3) is 0 Å². The van der Waals surface area contributed by atoms with Gasteiger partial charge in [-0.05, 0) is 53.6 Å². The summed E-state index contributed by atoms with van der Waals surface area (Å²) < 4.78 is 37.9. The third-order valence-electron chi connectivity index (χ3n) is 4.38. The van der Waals surface area contributed by atoms with Crippen molar-refractivity contribution in [2.45, 2.75) is 25.4 Å². The summed E-state index contributed by atoms with van der Waals surface area (Å²) in [5.41, 5.74) is 8.53. The number of fused-ring (bicyclic) bond motifs is 1. The highest BCUT2D eigenvalue weighted by molar-refractivity contribution is 5.77. The van der Waals surface area contributed by atoms with Gasteiger partial charge in [0.05, 0.1) is 5.56 Å². The molecule has 0 saturated heterocycles. The van der Waals surface area contributed by atoms with Crippen LogP contribution in [0.15, 0.2) is 42.5 Å². The lowest BCUT2D eigenvalue weighted by atomic mass is 9.82. The zero-order valence-electron chi connectivity index (χ0n) is 12.4. The molecule has 1 aliphatic carbocycles. The summed E-state index contributed by atoms with van der Waals surface area (Å²) in [5.74, 6) is -0.457. The number of carbonyl (C=O) groups is 1. The molecule has 0 spiro atoms.